The fraction of sp³-hybridized carbons (Fsp3) is 0.429. The van der Waals surface area contributed by atoms with Gasteiger partial charge in [-0.05, 0) is 44.6 Å². The molecule has 0 radical (unpaired) electrons. The van der Waals surface area contributed by atoms with Crippen LogP contribution in [0.3, 0.4) is 0 Å². The largest absolute Gasteiger partial charge is 0.376 e. The van der Waals surface area contributed by atoms with Gasteiger partial charge in [-0.15, -0.1) is 0 Å². The molecule has 0 spiro atoms. The Bertz CT molecular complexity index is 942. The topological polar surface area (TPSA) is 51.5 Å². The second-order valence-corrected chi connectivity index (χ2v) is 7.32. The first-order chi connectivity index (χ1) is 12.8. The highest BCUT2D eigenvalue weighted by Crippen LogP contribution is 2.34. The fourth-order valence-corrected chi connectivity index (χ4v) is 4.28. The third-order valence-corrected chi connectivity index (χ3v) is 5.55. The monoisotopic (exact) mass is 348 g/mol. The minimum absolute atomic E-state index is 0.306. The summed E-state index contributed by atoms with van der Waals surface area (Å²) in [7, 11) is 0. The van der Waals surface area contributed by atoms with Crippen LogP contribution in [0.1, 0.15) is 36.2 Å². The van der Waals surface area contributed by atoms with E-state index in [0.717, 1.165) is 61.6 Å². The van der Waals surface area contributed by atoms with Crippen molar-refractivity contribution in [3.05, 3.63) is 47.3 Å². The van der Waals surface area contributed by atoms with Crippen LogP contribution < -0.4 is 5.32 Å². The molecule has 5 nitrogen and oxygen atoms in total. The van der Waals surface area contributed by atoms with Crippen molar-refractivity contribution in [2.24, 2.45) is 0 Å². The van der Waals surface area contributed by atoms with Crippen molar-refractivity contribution in [1.29, 1.82) is 0 Å². The summed E-state index contributed by atoms with van der Waals surface area (Å²) in [5.41, 5.74) is 6.86. The lowest BCUT2D eigenvalue weighted by Gasteiger charge is -2.16. The van der Waals surface area contributed by atoms with Gasteiger partial charge in [-0.2, -0.15) is 9.61 Å². The Balaban J connectivity index is 1.63. The lowest BCUT2D eigenvalue weighted by atomic mass is 10.1. The van der Waals surface area contributed by atoms with Crippen LogP contribution in [0, 0.1) is 6.92 Å². The van der Waals surface area contributed by atoms with Crippen molar-refractivity contribution in [2.75, 3.05) is 18.5 Å². The lowest BCUT2D eigenvalue weighted by Crippen LogP contribution is -2.21. The van der Waals surface area contributed by atoms with E-state index in [4.69, 9.17) is 14.8 Å². The number of rotatable bonds is 4. The van der Waals surface area contributed by atoms with Gasteiger partial charge >= 0.3 is 0 Å². The molecule has 1 aromatic carbocycles. The number of hydrogen-bond donors (Lipinski definition) is 1. The number of nitrogens with zero attached hydrogens (tertiary/aromatic N) is 3. The summed E-state index contributed by atoms with van der Waals surface area (Å²) >= 11 is 0. The van der Waals surface area contributed by atoms with Gasteiger partial charge in [0, 0.05) is 30.0 Å². The minimum Gasteiger partial charge on any atom is -0.376 e. The molecule has 1 unspecified atom stereocenters. The van der Waals surface area contributed by atoms with Crippen molar-refractivity contribution in [1.82, 2.24) is 14.6 Å². The van der Waals surface area contributed by atoms with Crippen LogP contribution in [0.25, 0.3) is 16.8 Å². The van der Waals surface area contributed by atoms with Gasteiger partial charge < -0.3 is 10.1 Å². The third-order valence-electron chi connectivity index (χ3n) is 5.55. The van der Waals surface area contributed by atoms with E-state index in [1.54, 1.807) is 0 Å². The molecule has 134 valence electrons. The van der Waals surface area contributed by atoms with Crippen LogP contribution in [0.4, 0.5) is 5.82 Å². The van der Waals surface area contributed by atoms with E-state index >= 15 is 0 Å². The number of benzene rings is 1. The van der Waals surface area contributed by atoms with Crippen molar-refractivity contribution in [3.63, 3.8) is 0 Å². The van der Waals surface area contributed by atoms with Crippen LogP contribution >= 0.6 is 0 Å². The number of aryl methyl sites for hydroxylation is 2. The average Bonchev–Trinajstić information content (AvgIpc) is 3.39. The minimum atomic E-state index is 0.306. The van der Waals surface area contributed by atoms with Gasteiger partial charge in [0.05, 0.1) is 11.8 Å². The van der Waals surface area contributed by atoms with Gasteiger partial charge in [0.1, 0.15) is 5.82 Å². The number of anilines is 1. The summed E-state index contributed by atoms with van der Waals surface area (Å²) in [6.45, 7) is 3.80. The zero-order valence-corrected chi connectivity index (χ0v) is 15.2. The van der Waals surface area contributed by atoms with Crippen LogP contribution in [-0.2, 0) is 17.6 Å². The lowest BCUT2D eigenvalue weighted by molar-refractivity contribution is 0.120. The average molecular weight is 348 g/mol. The van der Waals surface area contributed by atoms with Crippen LogP contribution in [0.15, 0.2) is 30.3 Å². The second-order valence-electron chi connectivity index (χ2n) is 7.32. The summed E-state index contributed by atoms with van der Waals surface area (Å²) in [5.74, 6) is 1.11. The van der Waals surface area contributed by atoms with Crippen LogP contribution in [0.2, 0.25) is 0 Å². The predicted octanol–water partition coefficient (Wildman–Crippen LogP) is 3.78. The molecule has 3 heterocycles. The normalized spacial score (nSPS) is 19.2. The molecule has 1 aliphatic carbocycles. The molecule has 1 saturated heterocycles. The Morgan fingerprint density at radius 3 is 2.88 bits per heavy atom. The van der Waals surface area contributed by atoms with E-state index < -0.39 is 0 Å². The summed E-state index contributed by atoms with van der Waals surface area (Å²) in [5, 5.41) is 8.52. The molecular weight excluding hydrogens is 324 g/mol. The highest BCUT2D eigenvalue weighted by Gasteiger charge is 2.25. The molecule has 0 bridgehead atoms. The Morgan fingerprint density at radius 1 is 1.19 bits per heavy atom. The molecule has 3 aromatic rings. The van der Waals surface area contributed by atoms with Crippen LogP contribution in [0.5, 0.6) is 0 Å². The molecule has 5 rings (SSSR count). The van der Waals surface area contributed by atoms with E-state index in [9.17, 15) is 0 Å². The van der Waals surface area contributed by atoms with Crippen molar-refractivity contribution >= 4 is 11.5 Å². The molecular formula is C21H24N4O. The van der Waals surface area contributed by atoms with E-state index in [2.05, 4.69) is 36.5 Å². The van der Waals surface area contributed by atoms with Gasteiger partial charge in [-0.25, -0.2) is 4.98 Å². The molecule has 1 atom stereocenters. The molecule has 2 aliphatic rings. The van der Waals surface area contributed by atoms with E-state index in [1.807, 2.05) is 10.6 Å². The first-order valence-electron chi connectivity index (χ1n) is 9.63. The van der Waals surface area contributed by atoms with Gasteiger partial charge in [0.2, 0.25) is 0 Å². The molecule has 26 heavy (non-hydrogen) atoms. The highest BCUT2D eigenvalue weighted by molar-refractivity contribution is 5.81. The highest BCUT2D eigenvalue weighted by atomic mass is 16.5. The van der Waals surface area contributed by atoms with Crippen molar-refractivity contribution in [3.8, 4) is 11.1 Å². The Hall–Kier alpha value is -2.40. The smallest absolute Gasteiger partial charge is 0.165 e. The quantitative estimate of drug-likeness (QED) is 0.779. The predicted molar refractivity (Wildman–Crippen MR) is 103 cm³/mol. The maximum atomic E-state index is 5.80. The van der Waals surface area contributed by atoms with Gasteiger partial charge in [-0.1, -0.05) is 30.3 Å². The number of nitrogens with one attached hydrogen (secondary N) is 1. The van der Waals surface area contributed by atoms with Crippen molar-refractivity contribution < 1.29 is 4.74 Å². The second kappa shape index (κ2) is 6.40. The Morgan fingerprint density at radius 2 is 2.08 bits per heavy atom. The Kier molecular flexibility index (Phi) is 3.89. The number of fused-ring (bicyclic) bond motifs is 2. The maximum Gasteiger partial charge on any atom is 0.165 e. The third kappa shape index (κ3) is 2.58. The van der Waals surface area contributed by atoms with Gasteiger partial charge in [0.15, 0.2) is 5.65 Å². The summed E-state index contributed by atoms with van der Waals surface area (Å²) in [6, 6.07) is 10.5. The molecule has 1 aliphatic heterocycles. The Labute approximate surface area is 153 Å². The van der Waals surface area contributed by atoms with E-state index in [1.165, 1.54) is 23.2 Å². The summed E-state index contributed by atoms with van der Waals surface area (Å²) < 4.78 is 7.82. The first kappa shape index (κ1) is 15.8. The van der Waals surface area contributed by atoms with E-state index in [0.29, 0.717) is 6.10 Å². The zero-order valence-electron chi connectivity index (χ0n) is 15.2. The summed E-state index contributed by atoms with van der Waals surface area (Å²) in [4.78, 5) is 5.02. The van der Waals surface area contributed by atoms with Crippen molar-refractivity contribution in [2.45, 2.75) is 45.1 Å². The standard InChI is InChI=1S/C21H24N4O/c1-14-19(15-7-3-2-4-8-15)21-23-18-11-5-10-17(18)20(25(21)24-14)22-13-16-9-6-12-26-16/h2-4,7-8,16,22H,5-6,9-13H2,1H3. The number of ether oxygens (including phenoxy) is 1. The van der Waals surface area contributed by atoms with E-state index in [-0.39, 0.29) is 0 Å². The fourth-order valence-electron chi connectivity index (χ4n) is 4.28. The molecule has 1 fully saturated rings. The molecule has 0 amide bonds. The van der Waals surface area contributed by atoms with Gasteiger partial charge in [0.25, 0.3) is 0 Å². The number of aromatic nitrogens is 3. The number of hydrogen-bond acceptors (Lipinski definition) is 4. The summed E-state index contributed by atoms with van der Waals surface area (Å²) in [6.07, 6.45) is 5.90. The first-order valence-corrected chi connectivity index (χ1v) is 9.63. The molecule has 5 heteroatoms. The molecule has 0 saturated carbocycles. The SMILES string of the molecule is Cc1nn2c(NCC3CCCO3)c3c(nc2c1-c1ccccc1)CCC3. The molecule has 2 aromatic heterocycles. The molecule has 1 N–H and O–H groups in total. The maximum absolute atomic E-state index is 5.80. The van der Waals surface area contributed by atoms with Gasteiger partial charge in [-0.3, -0.25) is 0 Å². The van der Waals surface area contributed by atoms with Crippen LogP contribution in [-0.4, -0.2) is 33.9 Å². The zero-order chi connectivity index (χ0) is 17.5.